The molecular formula is C14H22Cl5N3. The molecule has 1 aromatic heterocycles. The number of halogens is 5. The summed E-state index contributed by atoms with van der Waals surface area (Å²) in [6, 6.07) is 0.116. The minimum absolute atomic E-state index is 0. The molecule has 0 bridgehead atoms. The predicted molar refractivity (Wildman–Crippen MR) is 100 cm³/mol. The van der Waals surface area contributed by atoms with Crippen LogP contribution in [0.1, 0.15) is 32.4 Å². The Morgan fingerprint density at radius 3 is 2.18 bits per heavy atom. The minimum atomic E-state index is -0.00466. The van der Waals surface area contributed by atoms with Crippen molar-refractivity contribution in [3.63, 3.8) is 0 Å². The standard InChI is InChI=1S/C14H20Cl3N3.2ClH/c1-14(2,3)12(20-6-4-18-5-7-20)10-9(15)8-19-13(17)11(10)16;;/h8,12,18H,4-7H2,1-3H3;2*1H/t12-;;/m1../s1. The zero-order chi connectivity index (χ0) is 14.9. The van der Waals surface area contributed by atoms with Gasteiger partial charge in [0.25, 0.3) is 0 Å². The van der Waals surface area contributed by atoms with Crippen LogP contribution in [-0.2, 0) is 0 Å². The van der Waals surface area contributed by atoms with Crippen molar-refractivity contribution in [2.24, 2.45) is 5.41 Å². The van der Waals surface area contributed by atoms with Crippen LogP contribution in [0.4, 0.5) is 0 Å². The predicted octanol–water partition coefficient (Wildman–Crippen LogP) is 4.88. The topological polar surface area (TPSA) is 28.2 Å². The Morgan fingerprint density at radius 2 is 1.68 bits per heavy atom. The van der Waals surface area contributed by atoms with E-state index in [1.165, 1.54) is 0 Å². The van der Waals surface area contributed by atoms with Crippen molar-refractivity contribution in [1.82, 2.24) is 15.2 Å². The van der Waals surface area contributed by atoms with Crippen LogP contribution in [0.2, 0.25) is 15.2 Å². The smallest absolute Gasteiger partial charge is 0.148 e. The molecule has 22 heavy (non-hydrogen) atoms. The number of rotatable bonds is 2. The van der Waals surface area contributed by atoms with Crippen molar-refractivity contribution in [1.29, 1.82) is 0 Å². The van der Waals surface area contributed by atoms with E-state index in [9.17, 15) is 0 Å². The molecule has 0 spiro atoms. The number of piperazine rings is 1. The Kier molecular flexibility index (Phi) is 9.34. The molecular weight excluding hydrogens is 387 g/mol. The molecule has 1 atom stereocenters. The Bertz CT molecular complexity index is 484. The third-order valence-electron chi connectivity index (χ3n) is 3.58. The highest BCUT2D eigenvalue weighted by Gasteiger charge is 2.36. The van der Waals surface area contributed by atoms with Crippen LogP contribution in [0.15, 0.2) is 6.20 Å². The third-order valence-corrected chi connectivity index (χ3v) is 4.64. The molecule has 0 aromatic carbocycles. The molecule has 0 amide bonds. The van der Waals surface area contributed by atoms with Crippen LogP contribution in [0.25, 0.3) is 0 Å². The van der Waals surface area contributed by atoms with Gasteiger partial charge in [-0.3, -0.25) is 4.90 Å². The first-order valence-electron chi connectivity index (χ1n) is 6.76. The zero-order valence-corrected chi connectivity index (χ0v) is 16.7. The maximum Gasteiger partial charge on any atom is 0.148 e. The maximum atomic E-state index is 6.40. The molecule has 8 heteroatoms. The van der Waals surface area contributed by atoms with Crippen LogP contribution >= 0.6 is 59.6 Å². The normalized spacial score (nSPS) is 17.4. The SMILES string of the molecule is CC(C)(C)[C@@H](c1c(Cl)cnc(Cl)c1Cl)N1CCNCC1.Cl.Cl. The first-order valence-corrected chi connectivity index (χ1v) is 7.90. The van der Waals surface area contributed by atoms with Crippen LogP contribution in [0.5, 0.6) is 0 Å². The molecule has 1 aromatic rings. The largest absolute Gasteiger partial charge is 0.314 e. The summed E-state index contributed by atoms with van der Waals surface area (Å²) in [4.78, 5) is 6.44. The molecule has 1 saturated heterocycles. The van der Waals surface area contributed by atoms with Gasteiger partial charge in [0.05, 0.1) is 10.0 Å². The second-order valence-electron chi connectivity index (χ2n) is 6.18. The van der Waals surface area contributed by atoms with E-state index in [1.54, 1.807) is 6.20 Å². The average Bonchev–Trinajstić information content (AvgIpc) is 2.39. The first kappa shape index (κ1) is 22.5. The van der Waals surface area contributed by atoms with E-state index < -0.39 is 0 Å². The summed E-state index contributed by atoms with van der Waals surface area (Å²) in [5.41, 5.74) is 0.887. The first-order chi connectivity index (χ1) is 9.32. The lowest BCUT2D eigenvalue weighted by molar-refractivity contribution is 0.0863. The van der Waals surface area contributed by atoms with E-state index in [1.807, 2.05) is 0 Å². The summed E-state index contributed by atoms with van der Waals surface area (Å²) in [6.07, 6.45) is 1.59. The van der Waals surface area contributed by atoms with Gasteiger partial charge in [-0.2, -0.15) is 0 Å². The van der Waals surface area contributed by atoms with Gasteiger partial charge in [-0.25, -0.2) is 4.98 Å². The van der Waals surface area contributed by atoms with Crippen molar-refractivity contribution in [2.75, 3.05) is 26.2 Å². The summed E-state index contributed by atoms with van der Waals surface area (Å²) in [5, 5.41) is 4.73. The number of aromatic nitrogens is 1. The lowest BCUT2D eigenvalue weighted by Gasteiger charge is -2.43. The van der Waals surface area contributed by atoms with Gasteiger partial charge < -0.3 is 5.32 Å². The molecule has 3 nitrogen and oxygen atoms in total. The highest BCUT2D eigenvalue weighted by molar-refractivity contribution is 6.43. The summed E-state index contributed by atoms with van der Waals surface area (Å²) in [5.74, 6) is 0. The van der Waals surface area contributed by atoms with E-state index in [0.717, 1.165) is 31.7 Å². The van der Waals surface area contributed by atoms with Crippen LogP contribution in [0, 0.1) is 5.41 Å². The summed E-state index contributed by atoms with van der Waals surface area (Å²) < 4.78 is 0. The van der Waals surface area contributed by atoms with Gasteiger partial charge in [0.1, 0.15) is 5.15 Å². The molecule has 1 N–H and O–H groups in total. The van der Waals surface area contributed by atoms with Gasteiger partial charge >= 0.3 is 0 Å². The second-order valence-corrected chi connectivity index (χ2v) is 7.32. The molecule has 0 radical (unpaired) electrons. The molecule has 1 aliphatic heterocycles. The van der Waals surface area contributed by atoms with E-state index in [4.69, 9.17) is 34.8 Å². The van der Waals surface area contributed by atoms with Gasteiger partial charge in [0.2, 0.25) is 0 Å². The molecule has 2 rings (SSSR count). The van der Waals surface area contributed by atoms with Gasteiger partial charge in [0.15, 0.2) is 0 Å². The minimum Gasteiger partial charge on any atom is -0.314 e. The third kappa shape index (κ3) is 5.01. The van der Waals surface area contributed by atoms with Gasteiger partial charge in [-0.15, -0.1) is 24.8 Å². The van der Waals surface area contributed by atoms with Gasteiger partial charge in [-0.05, 0) is 5.41 Å². The second kappa shape index (κ2) is 9.12. The van der Waals surface area contributed by atoms with E-state index >= 15 is 0 Å². The summed E-state index contributed by atoms with van der Waals surface area (Å²) in [6.45, 7) is 10.5. The Morgan fingerprint density at radius 1 is 1.14 bits per heavy atom. The Labute approximate surface area is 159 Å². The number of nitrogens with one attached hydrogen (secondary N) is 1. The number of hydrogen-bond acceptors (Lipinski definition) is 3. The van der Waals surface area contributed by atoms with Crippen molar-refractivity contribution < 1.29 is 0 Å². The summed E-state index contributed by atoms with van der Waals surface area (Å²) in [7, 11) is 0. The van der Waals surface area contributed by atoms with Crippen molar-refractivity contribution in [2.45, 2.75) is 26.8 Å². The fraction of sp³-hybridized carbons (Fsp3) is 0.643. The lowest BCUT2D eigenvalue weighted by Crippen LogP contribution is -2.48. The average molecular weight is 410 g/mol. The molecule has 1 aliphatic rings. The molecule has 2 heterocycles. The Hall–Kier alpha value is 0.520. The van der Waals surface area contributed by atoms with Crippen molar-refractivity contribution >= 4 is 59.6 Å². The number of pyridine rings is 1. The summed E-state index contributed by atoms with van der Waals surface area (Å²) >= 11 is 18.9. The number of nitrogens with zero attached hydrogens (tertiary/aromatic N) is 2. The van der Waals surface area contributed by atoms with Gasteiger partial charge in [-0.1, -0.05) is 55.6 Å². The number of hydrogen-bond donors (Lipinski definition) is 1. The van der Waals surface area contributed by atoms with Crippen molar-refractivity contribution in [3.8, 4) is 0 Å². The van der Waals surface area contributed by atoms with Crippen LogP contribution in [-0.4, -0.2) is 36.1 Å². The zero-order valence-electron chi connectivity index (χ0n) is 12.8. The highest BCUT2D eigenvalue weighted by Crippen LogP contribution is 2.45. The van der Waals surface area contributed by atoms with Gasteiger partial charge in [0, 0.05) is 44.0 Å². The quantitative estimate of drug-likeness (QED) is 0.706. The molecule has 0 unspecified atom stereocenters. The molecule has 0 saturated carbocycles. The van der Waals surface area contributed by atoms with Crippen molar-refractivity contribution in [3.05, 3.63) is 27.0 Å². The molecule has 0 aliphatic carbocycles. The van der Waals surface area contributed by atoms with Crippen LogP contribution in [0.3, 0.4) is 0 Å². The molecule has 1 fully saturated rings. The monoisotopic (exact) mass is 407 g/mol. The Balaban J connectivity index is 0.00000220. The fourth-order valence-corrected chi connectivity index (χ4v) is 3.51. The fourth-order valence-electron chi connectivity index (χ4n) is 2.81. The van der Waals surface area contributed by atoms with Crippen LogP contribution < -0.4 is 5.32 Å². The highest BCUT2D eigenvalue weighted by atomic mass is 35.5. The van der Waals surface area contributed by atoms with E-state index in [2.05, 4.69) is 36.0 Å². The van der Waals surface area contributed by atoms with E-state index in [-0.39, 0.29) is 36.3 Å². The van der Waals surface area contributed by atoms with E-state index in [0.29, 0.717) is 15.2 Å². The lowest BCUT2D eigenvalue weighted by atomic mass is 9.81. The molecule has 128 valence electrons. The maximum absolute atomic E-state index is 6.40.